The van der Waals surface area contributed by atoms with Crippen LogP contribution in [-0.4, -0.2) is 11.6 Å². The molecule has 0 N–H and O–H groups in total. The molecule has 0 nitrogen and oxygen atoms in total. The summed E-state index contributed by atoms with van der Waals surface area (Å²) in [5, 5.41) is 5.62. The number of halogens is 5. The Morgan fingerprint density at radius 1 is 0.618 bits per heavy atom. The topological polar surface area (TPSA) is 0 Å². The van der Waals surface area contributed by atoms with Crippen molar-refractivity contribution in [2.24, 2.45) is 11.8 Å². The van der Waals surface area contributed by atoms with Gasteiger partial charge in [0.25, 0.3) is 0 Å². The predicted octanol–water partition coefficient (Wildman–Crippen LogP) is 8.65. The molecule has 2 saturated carbocycles. The largest absolute Gasteiger partial charge is 1.00 e. The summed E-state index contributed by atoms with van der Waals surface area (Å²) in [6.45, 7) is 6.22. The monoisotopic (exact) mass is 874 g/mol. The molecule has 0 unspecified atom stereocenters. The third kappa shape index (κ3) is 13.3. The van der Waals surface area contributed by atoms with Crippen molar-refractivity contribution in [1.82, 2.24) is 0 Å². The van der Waals surface area contributed by atoms with Crippen molar-refractivity contribution in [3.05, 3.63) is 131 Å². The molecule has 2 fully saturated rings. The molecule has 8 rings (SSSR count). The quantitative estimate of drug-likeness (QED) is 0.106. The standard InChI is InChI=1S/2C22H23.C4H7F3Si.2ClH.Zr/c2*1-16-9-11-19(12-10-16)21-8-4-7-20-14-18(15-22(20)21)13-17-5-2-3-6-17;1-8-3-2-4(5,6)7;;;/h2*4,7-12,14-15,17H,2-3,5-6,13H2,1H3;2-3H2,1H3;2*1H;/q2*-1;;;;+2/p-2. The average molecular weight is 877 g/mol. The Bertz CT molecular complexity index is 1940. The zero-order valence-electron chi connectivity index (χ0n) is 32.4. The van der Waals surface area contributed by atoms with Gasteiger partial charge >= 0.3 is 67.1 Å². The maximum absolute atomic E-state index is 11.4. The van der Waals surface area contributed by atoms with Crippen LogP contribution >= 0.6 is 0 Å². The van der Waals surface area contributed by atoms with E-state index in [0.717, 1.165) is 11.8 Å². The third-order valence-corrected chi connectivity index (χ3v) is 14.0. The Morgan fingerprint density at radius 3 is 1.33 bits per heavy atom. The van der Waals surface area contributed by atoms with Crippen LogP contribution in [0, 0.1) is 25.7 Å². The minimum Gasteiger partial charge on any atom is -1.00 e. The van der Waals surface area contributed by atoms with Crippen molar-refractivity contribution in [2.75, 3.05) is 0 Å². The van der Waals surface area contributed by atoms with E-state index in [4.69, 9.17) is 0 Å². The Morgan fingerprint density at radius 2 is 1.00 bits per heavy atom. The molecular weight excluding hydrogens is 824 g/mol. The van der Waals surface area contributed by atoms with E-state index in [1.807, 2.05) is 6.55 Å². The second-order valence-corrected chi connectivity index (χ2v) is 24.0. The molecule has 290 valence electrons. The summed E-state index contributed by atoms with van der Waals surface area (Å²) in [6, 6.07) is 41.3. The van der Waals surface area contributed by atoms with E-state index >= 15 is 0 Å². The zero-order chi connectivity index (χ0) is 37.4. The molecule has 0 aliphatic heterocycles. The average Bonchev–Trinajstić information content (AvgIpc) is 3.97. The van der Waals surface area contributed by atoms with E-state index in [-0.39, 0.29) is 24.8 Å². The van der Waals surface area contributed by atoms with Crippen molar-refractivity contribution in [3.8, 4) is 22.3 Å². The molecule has 0 aromatic heterocycles. The number of alkyl halides is 3. The summed E-state index contributed by atoms with van der Waals surface area (Å²) in [4.78, 5) is 0. The summed E-state index contributed by atoms with van der Waals surface area (Å²) in [7, 11) is 0. The van der Waals surface area contributed by atoms with E-state index < -0.39 is 18.0 Å². The smallest absolute Gasteiger partial charge is 0.0279 e. The van der Waals surface area contributed by atoms with E-state index in [1.165, 1.54) is 154 Å². The SMILES string of the molecule is C[Si](=[Zr+2])CCC(F)(F)F.Cc1ccc(-c2cccc3[cH-]c(CC4CCCC4)cc23)cc1.Cc1ccc(-c2cccc3[cH-]c(CC4CCCC4)cc23)cc1.[Cl-].[Cl-]. The zero-order valence-corrected chi connectivity index (χ0v) is 37.4. The molecule has 0 radical (unpaired) electrons. The second kappa shape index (κ2) is 21.4. The van der Waals surface area contributed by atoms with Gasteiger partial charge in [0, 0.05) is 0 Å². The minimum atomic E-state index is -3.93. The van der Waals surface area contributed by atoms with Gasteiger partial charge < -0.3 is 24.8 Å². The molecule has 6 aromatic rings. The second-order valence-electron chi connectivity index (χ2n) is 15.7. The molecule has 55 heavy (non-hydrogen) atoms. The minimum absolute atomic E-state index is 0. The van der Waals surface area contributed by atoms with Gasteiger partial charge in [-0.1, -0.05) is 134 Å². The van der Waals surface area contributed by atoms with Crippen LogP contribution in [0.5, 0.6) is 0 Å². The van der Waals surface area contributed by atoms with Gasteiger partial charge in [-0.15, -0.1) is 69.1 Å². The van der Waals surface area contributed by atoms with Gasteiger partial charge in [0.15, 0.2) is 0 Å². The van der Waals surface area contributed by atoms with Crippen molar-refractivity contribution in [1.29, 1.82) is 0 Å². The molecule has 7 heteroatoms. The van der Waals surface area contributed by atoms with Crippen LogP contribution in [0.1, 0.15) is 80.0 Å². The van der Waals surface area contributed by atoms with Gasteiger partial charge in [-0.3, -0.25) is 0 Å². The van der Waals surface area contributed by atoms with Gasteiger partial charge in [0.05, 0.1) is 0 Å². The van der Waals surface area contributed by atoms with Gasteiger partial charge in [0.1, 0.15) is 0 Å². The van der Waals surface area contributed by atoms with Crippen LogP contribution in [0.3, 0.4) is 0 Å². The first-order valence-electron chi connectivity index (χ1n) is 19.6. The van der Waals surface area contributed by atoms with Crippen LogP contribution in [0.4, 0.5) is 13.2 Å². The van der Waals surface area contributed by atoms with E-state index in [9.17, 15) is 13.2 Å². The summed E-state index contributed by atoms with van der Waals surface area (Å²) < 4.78 is 34.3. The molecule has 6 aromatic carbocycles. The van der Waals surface area contributed by atoms with Crippen LogP contribution < -0.4 is 24.8 Å². The third-order valence-electron chi connectivity index (χ3n) is 11.1. The van der Waals surface area contributed by atoms with Crippen molar-refractivity contribution in [2.45, 2.75) is 103 Å². The molecule has 0 saturated heterocycles. The normalized spacial score (nSPS) is 14.5. The number of hydrogen-bond donors (Lipinski definition) is 0. The van der Waals surface area contributed by atoms with Crippen molar-refractivity contribution in [3.63, 3.8) is 0 Å². The first-order chi connectivity index (χ1) is 25.5. The molecule has 2 aliphatic carbocycles. The molecule has 0 atom stereocenters. The number of hydrogen-bond acceptors (Lipinski definition) is 0. The summed E-state index contributed by atoms with van der Waals surface area (Å²) in [6.07, 6.45) is 9.44. The van der Waals surface area contributed by atoms with Crippen molar-refractivity contribution >= 4 is 27.0 Å². The Kier molecular flexibility index (Phi) is 17.6. The molecule has 2 aliphatic rings. The molecule has 0 amide bonds. The van der Waals surface area contributed by atoms with E-state index in [0.29, 0.717) is 6.04 Å². The first kappa shape index (κ1) is 45.3. The number of aryl methyl sites for hydroxylation is 2. The number of rotatable bonds is 8. The summed E-state index contributed by atoms with van der Waals surface area (Å²) in [5.74, 6) is 1.83. The van der Waals surface area contributed by atoms with Crippen LogP contribution in [0.2, 0.25) is 12.6 Å². The Hall–Kier alpha value is -2.43. The van der Waals surface area contributed by atoms with Crippen LogP contribution in [0.25, 0.3) is 43.8 Å². The van der Waals surface area contributed by atoms with Crippen LogP contribution in [0.15, 0.2) is 109 Å². The van der Waals surface area contributed by atoms with Gasteiger partial charge in [-0.05, 0) is 49.7 Å². The Balaban J connectivity index is 0.000000196. The van der Waals surface area contributed by atoms with Crippen molar-refractivity contribution < 1.29 is 61.3 Å². The molecule has 0 spiro atoms. The summed E-state index contributed by atoms with van der Waals surface area (Å²) in [5.41, 5.74) is 10.5. The molecule has 0 heterocycles. The predicted molar refractivity (Wildman–Crippen MR) is 218 cm³/mol. The van der Waals surface area contributed by atoms with Gasteiger partial charge in [-0.2, -0.15) is 12.1 Å². The number of fused-ring (bicyclic) bond motifs is 2. The maximum atomic E-state index is 11.4. The fourth-order valence-electron chi connectivity index (χ4n) is 8.22. The van der Waals surface area contributed by atoms with E-state index in [1.54, 1.807) is 0 Å². The molecule has 0 bridgehead atoms. The number of benzene rings is 4. The first-order valence-corrected chi connectivity index (χ1v) is 25.5. The van der Waals surface area contributed by atoms with Gasteiger partial charge in [0.2, 0.25) is 0 Å². The maximum Gasteiger partial charge on any atom is -0.0279 e. The van der Waals surface area contributed by atoms with Crippen LogP contribution in [-0.2, 0) is 36.2 Å². The summed E-state index contributed by atoms with van der Waals surface area (Å²) >= 11 is 1.29. The molecular formula is C48H53Cl2F3SiZr-2. The van der Waals surface area contributed by atoms with Gasteiger partial charge in [-0.25, -0.2) is 0 Å². The fourth-order valence-corrected chi connectivity index (χ4v) is 9.80. The van der Waals surface area contributed by atoms with E-state index in [2.05, 4.69) is 123 Å². The fraction of sp³-hybridized carbons (Fsp3) is 0.375. The Labute approximate surface area is 354 Å².